The maximum Gasteiger partial charge on any atom is 0.311 e. The number of aliphatic carboxylic acids is 1. The third kappa shape index (κ3) is 4.88. The Labute approximate surface area is 153 Å². The molecule has 0 aliphatic carbocycles. The van der Waals surface area contributed by atoms with Gasteiger partial charge < -0.3 is 19.2 Å². The number of hydrogen-bond donors (Lipinski definition) is 1. The number of methoxy groups -OCH3 is 1. The van der Waals surface area contributed by atoms with Gasteiger partial charge in [0.2, 0.25) is 0 Å². The Morgan fingerprint density at radius 3 is 2.50 bits per heavy atom. The summed E-state index contributed by atoms with van der Waals surface area (Å²) in [5.74, 6) is 0.0234. The SMILES string of the molecule is COc1ccc(CC(C)CN(C)C(=O)c2c(C)coc2CC(=O)O)cc1. The smallest absolute Gasteiger partial charge is 0.311 e. The van der Waals surface area contributed by atoms with Crippen molar-refractivity contribution in [3.8, 4) is 5.75 Å². The molecule has 0 bridgehead atoms. The van der Waals surface area contributed by atoms with Gasteiger partial charge in [0.05, 0.1) is 18.9 Å². The molecule has 2 rings (SSSR count). The summed E-state index contributed by atoms with van der Waals surface area (Å²) < 4.78 is 10.4. The van der Waals surface area contributed by atoms with Crippen LogP contribution in [0.4, 0.5) is 0 Å². The lowest BCUT2D eigenvalue weighted by Crippen LogP contribution is -2.32. The molecule has 1 N–H and O–H groups in total. The monoisotopic (exact) mass is 359 g/mol. The second-order valence-electron chi connectivity index (χ2n) is 6.63. The molecule has 1 atom stereocenters. The lowest BCUT2D eigenvalue weighted by molar-refractivity contribution is -0.136. The molecule has 6 nitrogen and oxygen atoms in total. The molecule has 1 heterocycles. The Kier molecular flexibility index (Phi) is 6.44. The second-order valence-corrected chi connectivity index (χ2v) is 6.63. The number of benzene rings is 1. The molecule has 0 fully saturated rings. The molecule has 0 aliphatic heterocycles. The van der Waals surface area contributed by atoms with E-state index < -0.39 is 5.97 Å². The first-order chi connectivity index (χ1) is 12.3. The van der Waals surface area contributed by atoms with Crippen LogP contribution in [0.15, 0.2) is 34.9 Å². The summed E-state index contributed by atoms with van der Waals surface area (Å²) in [4.78, 5) is 25.3. The number of nitrogens with zero attached hydrogens (tertiary/aromatic N) is 1. The van der Waals surface area contributed by atoms with Gasteiger partial charge in [-0.1, -0.05) is 19.1 Å². The van der Waals surface area contributed by atoms with Gasteiger partial charge in [0.1, 0.15) is 17.9 Å². The first-order valence-electron chi connectivity index (χ1n) is 8.49. The fourth-order valence-corrected chi connectivity index (χ4v) is 3.02. The standard InChI is InChI=1S/C20H25NO5/c1-13(9-15-5-7-16(25-4)8-6-15)11-21(3)20(24)19-14(2)12-26-17(19)10-18(22)23/h5-8,12-13H,9-11H2,1-4H3,(H,22,23). The minimum absolute atomic E-state index is 0.203. The Bertz CT molecular complexity index is 763. The van der Waals surface area contributed by atoms with Gasteiger partial charge >= 0.3 is 5.97 Å². The molecule has 0 radical (unpaired) electrons. The van der Waals surface area contributed by atoms with Crippen molar-refractivity contribution in [1.82, 2.24) is 4.90 Å². The summed E-state index contributed by atoms with van der Waals surface area (Å²) in [6.45, 7) is 4.38. The van der Waals surface area contributed by atoms with E-state index in [4.69, 9.17) is 14.3 Å². The molecule has 0 saturated carbocycles. The Morgan fingerprint density at radius 2 is 1.92 bits per heavy atom. The van der Waals surface area contributed by atoms with Gasteiger partial charge in [0, 0.05) is 19.2 Å². The number of ether oxygens (including phenoxy) is 1. The van der Waals surface area contributed by atoms with Crippen molar-refractivity contribution < 1.29 is 23.8 Å². The number of carboxylic acid groups (broad SMARTS) is 1. The average Bonchev–Trinajstić information content (AvgIpc) is 2.94. The molecule has 1 unspecified atom stereocenters. The van der Waals surface area contributed by atoms with Crippen LogP contribution in [-0.2, 0) is 17.6 Å². The number of carbonyl (C=O) groups is 2. The molecule has 26 heavy (non-hydrogen) atoms. The van der Waals surface area contributed by atoms with Crippen LogP contribution in [0, 0.1) is 12.8 Å². The molecule has 140 valence electrons. The van der Waals surface area contributed by atoms with Gasteiger partial charge in [-0.05, 0) is 37.0 Å². The van der Waals surface area contributed by atoms with Crippen molar-refractivity contribution in [3.63, 3.8) is 0 Å². The van der Waals surface area contributed by atoms with Crippen LogP contribution in [0.5, 0.6) is 5.75 Å². The van der Waals surface area contributed by atoms with E-state index in [-0.39, 0.29) is 24.0 Å². The van der Waals surface area contributed by atoms with Gasteiger partial charge in [-0.2, -0.15) is 0 Å². The van der Waals surface area contributed by atoms with Crippen LogP contribution in [0.3, 0.4) is 0 Å². The number of hydrogen-bond acceptors (Lipinski definition) is 4. The van der Waals surface area contributed by atoms with Crippen LogP contribution in [0.2, 0.25) is 0 Å². The average molecular weight is 359 g/mol. The van der Waals surface area contributed by atoms with Gasteiger partial charge in [-0.25, -0.2) is 0 Å². The number of carbonyl (C=O) groups excluding carboxylic acids is 1. The maximum atomic E-state index is 12.8. The predicted octanol–water partition coefficient (Wildman–Crippen LogP) is 3.17. The zero-order chi connectivity index (χ0) is 19.3. The second kappa shape index (κ2) is 8.56. The Morgan fingerprint density at radius 1 is 1.27 bits per heavy atom. The Balaban J connectivity index is 2.02. The van der Waals surface area contributed by atoms with Crippen molar-refractivity contribution in [1.29, 1.82) is 0 Å². The number of furan rings is 1. The summed E-state index contributed by atoms with van der Waals surface area (Å²) in [5.41, 5.74) is 2.18. The first-order valence-corrected chi connectivity index (χ1v) is 8.49. The molecule has 0 aliphatic rings. The van der Waals surface area contributed by atoms with Gasteiger partial charge in [0.15, 0.2) is 0 Å². The van der Waals surface area contributed by atoms with E-state index in [1.165, 1.54) is 11.8 Å². The third-order valence-corrected chi connectivity index (χ3v) is 4.25. The van der Waals surface area contributed by atoms with E-state index in [9.17, 15) is 9.59 Å². The highest BCUT2D eigenvalue weighted by atomic mass is 16.5. The van der Waals surface area contributed by atoms with Crippen LogP contribution in [0.25, 0.3) is 0 Å². The highest BCUT2D eigenvalue weighted by molar-refractivity contribution is 5.97. The zero-order valence-electron chi connectivity index (χ0n) is 15.6. The Hall–Kier alpha value is -2.76. The number of rotatable bonds is 8. The van der Waals surface area contributed by atoms with Gasteiger partial charge in [0.25, 0.3) is 5.91 Å². The first kappa shape index (κ1) is 19.6. The summed E-state index contributed by atoms with van der Waals surface area (Å²) in [5, 5.41) is 8.97. The predicted molar refractivity (Wildman–Crippen MR) is 97.6 cm³/mol. The van der Waals surface area contributed by atoms with Crippen LogP contribution < -0.4 is 4.74 Å². The fraction of sp³-hybridized carbons (Fsp3) is 0.400. The topological polar surface area (TPSA) is 80.0 Å². The van der Waals surface area contributed by atoms with Crippen molar-refractivity contribution in [2.75, 3.05) is 20.7 Å². The lowest BCUT2D eigenvalue weighted by atomic mass is 10.00. The van der Waals surface area contributed by atoms with E-state index in [2.05, 4.69) is 6.92 Å². The van der Waals surface area contributed by atoms with Gasteiger partial charge in [-0.3, -0.25) is 9.59 Å². The van der Waals surface area contributed by atoms with Crippen LogP contribution in [-0.4, -0.2) is 42.6 Å². The molecule has 1 amide bonds. The van der Waals surface area contributed by atoms with E-state index in [0.717, 1.165) is 12.2 Å². The maximum absolute atomic E-state index is 12.8. The van der Waals surface area contributed by atoms with E-state index in [1.54, 1.807) is 26.0 Å². The highest BCUT2D eigenvalue weighted by Gasteiger charge is 2.24. The third-order valence-electron chi connectivity index (χ3n) is 4.25. The highest BCUT2D eigenvalue weighted by Crippen LogP contribution is 2.21. The molecular formula is C20H25NO5. The van der Waals surface area contributed by atoms with E-state index in [0.29, 0.717) is 17.7 Å². The van der Waals surface area contributed by atoms with Gasteiger partial charge in [-0.15, -0.1) is 0 Å². The minimum atomic E-state index is -1.02. The normalized spacial score (nSPS) is 11.8. The molecular weight excluding hydrogens is 334 g/mol. The largest absolute Gasteiger partial charge is 0.497 e. The summed E-state index contributed by atoms with van der Waals surface area (Å²) in [6, 6.07) is 7.87. The van der Waals surface area contributed by atoms with Crippen molar-refractivity contribution in [2.24, 2.45) is 5.92 Å². The minimum Gasteiger partial charge on any atom is -0.497 e. The molecule has 1 aromatic carbocycles. The van der Waals surface area contributed by atoms with Crippen molar-refractivity contribution in [3.05, 3.63) is 53.0 Å². The van der Waals surface area contributed by atoms with Crippen LogP contribution >= 0.6 is 0 Å². The quantitative estimate of drug-likeness (QED) is 0.783. The summed E-state index contributed by atoms with van der Waals surface area (Å²) in [7, 11) is 3.36. The zero-order valence-corrected chi connectivity index (χ0v) is 15.6. The van der Waals surface area contributed by atoms with E-state index >= 15 is 0 Å². The van der Waals surface area contributed by atoms with Crippen molar-refractivity contribution in [2.45, 2.75) is 26.7 Å². The lowest BCUT2D eigenvalue weighted by Gasteiger charge is -2.22. The molecule has 0 saturated heterocycles. The van der Waals surface area contributed by atoms with E-state index in [1.807, 2.05) is 24.3 Å². The number of amides is 1. The fourth-order valence-electron chi connectivity index (χ4n) is 3.02. The molecule has 6 heteroatoms. The summed E-state index contributed by atoms with van der Waals surface area (Å²) in [6.07, 6.45) is 1.96. The number of carboxylic acids is 1. The van der Waals surface area contributed by atoms with Crippen LogP contribution in [0.1, 0.15) is 34.2 Å². The molecule has 2 aromatic rings. The molecule has 0 spiro atoms. The summed E-state index contributed by atoms with van der Waals surface area (Å²) >= 11 is 0. The van der Waals surface area contributed by atoms with Crippen molar-refractivity contribution >= 4 is 11.9 Å². The number of aryl methyl sites for hydroxylation is 1. The molecule has 1 aromatic heterocycles.